The third-order valence-corrected chi connectivity index (χ3v) is 4.35. The fourth-order valence-corrected chi connectivity index (χ4v) is 2.86. The lowest BCUT2D eigenvalue weighted by Crippen LogP contribution is -2.40. The van der Waals surface area contributed by atoms with E-state index in [4.69, 9.17) is 14.2 Å². The third kappa shape index (κ3) is 6.68. The summed E-state index contributed by atoms with van der Waals surface area (Å²) in [6, 6.07) is 13.1. The first-order valence-corrected chi connectivity index (χ1v) is 9.47. The number of nitrogens with one attached hydrogen (secondary N) is 3. The van der Waals surface area contributed by atoms with Gasteiger partial charge in [0.15, 0.2) is 17.5 Å². The number of aliphatic imine (C=N–C) groups is 1. The van der Waals surface area contributed by atoms with Crippen LogP contribution >= 0.6 is 24.0 Å². The van der Waals surface area contributed by atoms with Gasteiger partial charge in [-0.15, -0.1) is 24.0 Å². The normalized spacial score (nSPS) is 12.0. The molecule has 0 atom stereocenters. The highest BCUT2D eigenvalue weighted by atomic mass is 127. The van der Waals surface area contributed by atoms with Gasteiger partial charge >= 0.3 is 0 Å². The van der Waals surface area contributed by atoms with Gasteiger partial charge in [-0.1, -0.05) is 12.1 Å². The molecule has 0 fully saturated rings. The maximum atomic E-state index is 11.7. The molecule has 1 amide bonds. The van der Waals surface area contributed by atoms with E-state index in [1.807, 2.05) is 36.4 Å². The first-order valence-electron chi connectivity index (χ1n) is 9.47. The molecule has 1 aliphatic rings. The number of ether oxygens (including phenoxy) is 3. The maximum absolute atomic E-state index is 11.7. The fraction of sp³-hybridized carbons (Fsp3) is 0.333. The fourth-order valence-electron chi connectivity index (χ4n) is 2.86. The van der Waals surface area contributed by atoms with Gasteiger partial charge < -0.3 is 30.2 Å². The SMILES string of the molecule is CN=C(NCCOc1ccc2c(c1)OCO2)NCCc1cccc(C(=O)NC)c1.I. The Bertz CT molecular complexity index is 876. The summed E-state index contributed by atoms with van der Waals surface area (Å²) in [5, 5.41) is 9.11. The van der Waals surface area contributed by atoms with E-state index >= 15 is 0 Å². The molecule has 0 saturated heterocycles. The van der Waals surface area contributed by atoms with Crippen LogP contribution in [0, 0.1) is 0 Å². The lowest BCUT2D eigenvalue weighted by molar-refractivity contribution is 0.0963. The molecule has 0 aromatic heterocycles. The molecule has 162 valence electrons. The predicted molar refractivity (Wildman–Crippen MR) is 126 cm³/mol. The Hall–Kier alpha value is -2.69. The van der Waals surface area contributed by atoms with E-state index in [-0.39, 0.29) is 36.7 Å². The number of guanidine groups is 1. The summed E-state index contributed by atoms with van der Waals surface area (Å²) >= 11 is 0. The first-order chi connectivity index (χ1) is 14.2. The maximum Gasteiger partial charge on any atom is 0.251 e. The zero-order valence-corrected chi connectivity index (χ0v) is 19.4. The molecule has 1 aliphatic heterocycles. The molecule has 0 spiro atoms. The summed E-state index contributed by atoms with van der Waals surface area (Å²) in [6.07, 6.45) is 0.777. The standard InChI is InChI=1S/C21H26N4O4.HI/c1-22-20(26)16-5-3-4-15(12-16)8-9-24-21(23-2)25-10-11-27-17-6-7-18-19(13-17)29-14-28-18;/h3-7,12-13H,8-11,14H2,1-2H3,(H,22,26)(H2,23,24,25);1H. The Morgan fingerprint density at radius 1 is 1.10 bits per heavy atom. The summed E-state index contributed by atoms with van der Waals surface area (Å²) in [4.78, 5) is 15.9. The van der Waals surface area contributed by atoms with Crippen molar-refractivity contribution in [3.63, 3.8) is 0 Å². The molecular weight excluding hydrogens is 499 g/mol. The van der Waals surface area contributed by atoms with E-state index in [1.165, 1.54) is 0 Å². The smallest absolute Gasteiger partial charge is 0.251 e. The molecule has 1 heterocycles. The van der Waals surface area contributed by atoms with Crippen LogP contribution in [0.2, 0.25) is 0 Å². The molecule has 3 rings (SSSR count). The average Bonchev–Trinajstić information content (AvgIpc) is 3.23. The number of carbonyl (C=O) groups is 1. The van der Waals surface area contributed by atoms with Crippen LogP contribution in [-0.4, -0.2) is 52.5 Å². The third-order valence-electron chi connectivity index (χ3n) is 4.35. The van der Waals surface area contributed by atoms with E-state index in [1.54, 1.807) is 20.2 Å². The van der Waals surface area contributed by atoms with Gasteiger partial charge in [-0.2, -0.15) is 0 Å². The predicted octanol–water partition coefficient (Wildman–Crippen LogP) is 2.18. The number of amides is 1. The highest BCUT2D eigenvalue weighted by Gasteiger charge is 2.13. The van der Waals surface area contributed by atoms with Crippen molar-refractivity contribution in [3.05, 3.63) is 53.6 Å². The second-order valence-electron chi connectivity index (χ2n) is 6.32. The van der Waals surface area contributed by atoms with Crippen LogP contribution < -0.4 is 30.2 Å². The van der Waals surface area contributed by atoms with E-state index in [0.717, 1.165) is 23.5 Å². The minimum atomic E-state index is -0.0836. The van der Waals surface area contributed by atoms with Crippen molar-refractivity contribution in [3.8, 4) is 17.2 Å². The van der Waals surface area contributed by atoms with Crippen LogP contribution in [0.4, 0.5) is 0 Å². The van der Waals surface area contributed by atoms with Gasteiger partial charge in [-0.05, 0) is 36.2 Å². The van der Waals surface area contributed by atoms with Gasteiger partial charge in [0.1, 0.15) is 12.4 Å². The largest absolute Gasteiger partial charge is 0.492 e. The first kappa shape index (κ1) is 23.6. The lowest BCUT2D eigenvalue weighted by atomic mass is 10.1. The van der Waals surface area contributed by atoms with Crippen molar-refractivity contribution in [1.82, 2.24) is 16.0 Å². The summed E-state index contributed by atoms with van der Waals surface area (Å²) in [5.41, 5.74) is 1.74. The monoisotopic (exact) mass is 526 g/mol. The van der Waals surface area contributed by atoms with Crippen molar-refractivity contribution in [1.29, 1.82) is 0 Å². The van der Waals surface area contributed by atoms with E-state index in [9.17, 15) is 4.79 Å². The highest BCUT2D eigenvalue weighted by Crippen LogP contribution is 2.34. The molecule has 2 aromatic carbocycles. The quantitative estimate of drug-likeness (QED) is 0.212. The molecule has 3 N–H and O–H groups in total. The van der Waals surface area contributed by atoms with Gasteiger partial charge in [-0.3, -0.25) is 9.79 Å². The number of nitrogens with zero attached hydrogens (tertiary/aromatic N) is 1. The van der Waals surface area contributed by atoms with Crippen molar-refractivity contribution in [2.75, 3.05) is 40.6 Å². The molecule has 8 nitrogen and oxygen atoms in total. The van der Waals surface area contributed by atoms with Crippen LogP contribution in [0.15, 0.2) is 47.5 Å². The molecular formula is C21H27IN4O4. The highest BCUT2D eigenvalue weighted by molar-refractivity contribution is 14.0. The van der Waals surface area contributed by atoms with E-state index in [2.05, 4.69) is 20.9 Å². The Morgan fingerprint density at radius 2 is 1.90 bits per heavy atom. The molecule has 9 heteroatoms. The zero-order valence-electron chi connectivity index (χ0n) is 17.1. The summed E-state index contributed by atoms with van der Waals surface area (Å²) in [5.74, 6) is 2.78. The van der Waals surface area contributed by atoms with Crippen LogP contribution in [-0.2, 0) is 6.42 Å². The lowest BCUT2D eigenvalue weighted by Gasteiger charge is -2.13. The van der Waals surface area contributed by atoms with Crippen LogP contribution in [0.25, 0.3) is 0 Å². The van der Waals surface area contributed by atoms with E-state index in [0.29, 0.717) is 37.0 Å². The minimum Gasteiger partial charge on any atom is -0.492 e. The molecule has 30 heavy (non-hydrogen) atoms. The number of rotatable bonds is 8. The second kappa shape index (κ2) is 12.1. The molecule has 0 radical (unpaired) electrons. The minimum absolute atomic E-state index is 0. The Labute approximate surface area is 193 Å². The van der Waals surface area contributed by atoms with Crippen molar-refractivity contribution in [2.24, 2.45) is 4.99 Å². The van der Waals surface area contributed by atoms with Crippen LogP contribution in [0.5, 0.6) is 17.2 Å². The average molecular weight is 526 g/mol. The second-order valence-corrected chi connectivity index (χ2v) is 6.32. The summed E-state index contributed by atoms with van der Waals surface area (Å²) < 4.78 is 16.4. The van der Waals surface area contributed by atoms with Crippen LogP contribution in [0.3, 0.4) is 0 Å². The molecule has 0 saturated carbocycles. The Balaban J connectivity index is 0.00000320. The van der Waals surface area contributed by atoms with Crippen molar-refractivity contribution < 1.29 is 19.0 Å². The molecule has 2 aromatic rings. The van der Waals surface area contributed by atoms with Crippen molar-refractivity contribution >= 4 is 35.8 Å². The summed E-state index contributed by atoms with van der Waals surface area (Å²) in [6.45, 7) is 2.02. The van der Waals surface area contributed by atoms with Gasteiger partial charge in [-0.25, -0.2) is 0 Å². The van der Waals surface area contributed by atoms with Gasteiger partial charge in [0.2, 0.25) is 6.79 Å². The number of fused-ring (bicyclic) bond motifs is 1. The number of benzene rings is 2. The van der Waals surface area contributed by atoms with Crippen molar-refractivity contribution in [2.45, 2.75) is 6.42 Å². The van der Waals surface area contributed by atoms with Gasteiger partial charge in [0, 0.05) is 32.3 Å². The molecule has 0 unspecified atom stereocenters. The van der Waals surface area contributed by atoms with Gasteiger partial charge in [0.05, 0.1) is 6.54 Å². The number of hydrogen-bond acceptors (Lipinski definition) is 5. The number of halogens is 1. The zero-order chi connectivity index (χ0) is 20.5. The molecule has 0 bridgehead atoms. The Kier molecular flexibility index (Phi) is 9.52. The topological polar surface area (TPSA) is 93.2 Å². The molecule has 0 aliphatic carbocycles. The van der Waals surface area contributed by atoms with Crippen LogP contribution in [0.1, 0.15) is 15.9 Å². The van der Waals surface area contributed by atoms with Gasteiger partial charge in [0.25, 0.3) is 5.91 Å². The Morgan fingerprint density at radius 3 is 2.70 bits per heavy atom. The van der Waals surface area contributed by atoms with E-state index < -0.39 is 0 Å². The summed E-state index contributed by atoms with van der Waals surface area (Å²) in [7, 11) is 3.35. The number of carbonyl (C=O) groups excluding carboxylic acids is 1. The number of hydrogen-bond donors (Lipinski definition) is 3.